The zero-order chi connectivity index (χ0) is 18.2. The molecule has 0 aromatic heterocycles. The van der Waals surface area contributed by atoms with Gasteiger partial charge in [0, 0.05) is 6.42 Å². The third-order valence-electron chi connectivity index (χ3n) is 4.34. The summed E-state index contributed by atoms with van der Waals surface area (Å²) >= 11 is 0. The van der Waals surface area contributed by atoms with E-state index in [1.54, 1.807) is 7.11 Å². The fourth-order valence-corrected chi connectivity index (χ4v) is 3.06. The number of aryl methyl sites for hydroxylation is 2. The fourth-order valence-electron chi connectivity index (χ4n) is 3.06. The first kappa shape index (κ1) is 19.0. The molecule has 3 heteroatoms. The number of hydrogen-bond donors (Lipinski definition) is 1. The van der Waals surface area contributed by atoms with E-state index < -0.39 is 0 Å². The van der Waals surface area contributed by atoms with Crippen LogP contribution in [0.5, 0.6) is 5.75 Å². The number of rotatable bonds is 8. The Kier molecular flexibility index (Phi) is 7.05. The average Bonchev–Trinajstić information content (AvgIpc) is 2.60. The van der Waals surface area contributed by atoms with Gasteiger partial charge < -0.3 is 10.1 Å². The van der Waals surface area contributed by atoms with Gasteiger partial charge in [0.1, 0.15) is 5.75 Å². The number of methoxy groups -OCH3 is 1. The molecule has 1 amide bonds. The molecule has 3 nitrogen and oxygen atoms in total. The zero-order valence-electron chi connectivity index (χ0n) is 15.7. The molecule has 0 aliphatic heterocycles. The van der Waals surface area contributed by atoms with Gasteiger partial charge in [-0.2, -0.15) is 0 Å². The maximum absolute atomic E-state index is 12.5. The normalized spacial score (nSPS) is 12.0. The molecule has 0 bridgehead atoms. The van der Waals surface area contributed by atoms with Crippen molar-refractivity contribution in [3.63, 3.8) is 0 Å². The van der Waals surface area contributed by atoms with E-state index in [1.807, 2.05) is 37.3 Å². The monoisotopic (exact) mass is 339 g/mol. The van der Waals surface area contributed by atoms with Crippen LogP contribution in [-0.4, -0.2) is 13.0 Å². The Labute approximate surface area is 151 Å². The Morgan fingerprint density at radius 1 is 1.12 bits per heavy atom. The number of nitrogens with one attached hydrogen (secondary N) is 1. The van der Waals surface area contributed by atoms with E-state index in [4.69, 9.17) is 4.74 Å². The van der Waals surface area contributed by atoms with E-state index in [0.29, 0.717) is 12.3 Å². The third-order valence-corrected chi connectivity index (χ3v) is 4.34. The van der Waals surface area contributed by atoms with Crippen molar-refractivity contribution in [2.45, 2.75) is 46.1 Å². The summed E-state index contributed by atoms with van der Waals surface area (Å²) in [4.78, 5) is 12.5. The van der Waals surface area contributed by atoms with Crippen LogP contribution in [0.4, 0.5) is 0 Å². The molecule has 0 aliphatic carbocycles. The summed E-state index contributed by atoms with van der Waals surface area (Å²) in [5.41, 5.74) is 3.43. The molecule has 0 spiro atoms. The molecule has 2 rings (SSSR count). The van der Waals surface area contributed by atoms with Crippen LogP contribution < -0.4 is 10.1 Å². The van der Waals surface area contributed by atoms with Gasteiger partial charge in [0.05, 0.1) is 13.2 Å². The first-order valence-corrected chi connectivity index (χ1v) is 8.97. The first-order valence-electron chi connectivity index (χ1n) is 8.97. The van der Waals surface area contributed by atoms with Crippen molar-refractivity contribution in [3.05, 3.63) is 65.2 Å². The van der Waals surface area contributed by atoms with E-state index >= 15 is 0 Å². The minimum absolute atomic E-state index is 0.0753. The molecule has 134 valence electrons. The lowest BCUT2D eigenvalue weighted by atomic mass is 9.96. The average molecular weight is 339 g/mol. The van der Waals surface area contributed by atoms with Crippen LogP contribution in [0.2, 0.25) is 0 Å². The van der Waals surface area contributed by atoms with Crippen LogP contribution >= 0.6 is 0 Å². The summed E-state index contributed by atoms with van der Waals surface area (Å²) in [6, 6.07) is 16.4. The second kappa shape index (κ2) is 9.26. The number of benzene rings is 2. The van der Waals surface area contributed by atoms with Gasteiger partial charge in [0.25, 0.3) is 0 Å². The number of amides is 1. The summed E-state index contributed by atoms with van der Waals surface area (Å²) in [6.07, 6.45) is 2.17. The number of carbonyl (C=O) groups excluding carboxylic acids is 1. The third kappa shape index (κ3) is 5.93. The SMILES string of the molecule is COc1ccc(CCC(=O)N[C@@H](CC(C)C)c2ccccc2)cc1C. The number of carbonyl (C=O) groups is 1. The van der Waals surface area contributed by atoms with Gasteiger partial charge >= 0.3 is 0 Å². The van der Waals surface area contributed by atoms with Crippen molar-refractivity contribution < 1.29 is 9.53 Å². The molecule has 1 atom stereocenters. The van der Waals surface area contributed by atoms with E-state index in [9.17, 15) is 4.79 Å². The Balaban J connectivity index is 1.96. The Morgan fingerprint density at radius 3 is 2.44 bits per heavy atom. The van der Waals surface area contributed by atoms with E-state index in [1.165, 1.54) is 5.56 Å². The van der Waals surface area contributed by atoms with Crippen LogP contribution in [0.3, 0.4) is 0 Å². The highest BCUT2D eigenvalue weighted by molar-refractivity contribution is 5.76. The standard InChI is InChI=1S/C22H29NO2/c1-16(2)14-20(19-8-6-5-7-9-19)23-22(24)13-11-18-10-12-21(25-4)17(3)15-18/h5-10,12,15-16,20H,11,13-14H2,1-4H3,(H,23,24)/t20-/m0/s1. The molecule has 0 heterocycles. The second-order valence-corrected chi connectivity index (χ2v) is 6.96. The van der Waals surface area contributed by atoms with Crippen LogP contribution in [-0.2, 0) is 11.2 Å². The van der Waals surface area contributed by atoms with Crippen molar-refractivity contribution in [1.29, 1.82) is 0 Å². The summed E-state index contributed by atoms with van der Waals surface area (Å²) in [5, 5.41) is 3.21. The van der Waals surface area contributed by atoms with Gasteiger partial charge in [0.15, 0.2) is 0 Å². The first-order chi connectivity index (χ1) is 12.0. The highest BCUT2D eigenvalue weighted by Gasteiger charge is 2.16. The maximum atomic E-state index is 12.5. The number of ether oxygens (including phenoxy) is 1. The largest absolute Gasteiger partial charge is 0.496 e. The van der Waals surface area contributed by atoms with E-state index in [0.717, 1.165) is 29.7 Å². The molecule has 0 saturated carbocycles. The van der Waals surface area contributed by atoms with Crippen LogP contribution in [0.25, 0.3) is 0 Å². The van der Waals surface area contributed by atoms with Crippen molar-refractivity contribution in [2.75, 3.05) is 7.11 Å². The predicted octanol–water partition coefficient (Wildman–Crippen LogP) is 4.84. The van der Waals surface area contributed by atoms with Crippen molar-refractivity contribution in [1.82, 2.24) is 5.32 Å². The zero-order valence-corrected chi connectivity index (χ0v) is 15.7. The lowest BCUT2D eigenvalue weighted by molar-refractivity contribution is -0.121. The highest BCUT2D eigenvalue weighted by Crippen LogP contribution is 2.22. The Morgan fingerprint density at radius 2 is 1.84 bits per heavy atom. The topological polar surface area (TPSA) is 38.3 Å². The molecule has 2 aromatic rings. The molecule has 0 fully saturated rings. The highest BCUT2D eigenvalue weighted by atomic mass is 16.5. The molecular formula is C22H29NO2. The smallest absolute Gasteiger partial charge is 0.220 e. The van der Waals surface area contributed by atoms with Crippen molar-refractivity contribution in [3.8, 4) is 5.75 Å². The van der Waals surface area contributed by atoms with Gasteiger partial charge in [-0.3, -0.25) is 4.79 Å². The molecule has 0 saturated heterocycles. The number of hydrogen-bond acceptors (Lipinski definition) is 2. The molecule has 0 unspecified atom stereocenters. The lowest BCUT2D eigenvalue weighted by Crippen LogP contribution is -2.29. The maximum Gasteiger partial charge on any atom is 0.220 e. The van der Waals surface area contributed by atoms with Gasteiger partial charge in [-0.1, -0.05) is 56.3 Å². The van der Waals surface area contributed by atoms with Crippen LogP contribution in [0, 0.1) is 12.8 Å². The van der Waals surface area contributed by atoms with Crippen molar-refractivity contribution >= 4 is 5.91 Å². The lowest BCUT2D eigenvalue weighted by Gasteiger charge is -2.21. The molecule has 2 aromatic carbocycles. The minimum Gasteiger partial charge on any atom is -0.496 e. The Hall–Kier alpha value is -2.29. The van der Waals surface area contributed by atoms with Crippen LogP contribution in [0.15, 0.2) is 48.5 Å². The Bertz CT molecular complexity index is 680. The van der Waals surface area contributed by atoms with E-state index in [2.05, 4.69) is 37.4 Å². The summed E-state index contributed by atoms with van der Waals surface area (Å²) in [6.45, 7) is 6.39. The molecule has 25 heavy (non-hydrogen) atoms. The van der Waals surface area contributed by atoms with Gasteiger partial charge in [-0.15, -0.1) is 0 Å². The molecule has 1 N–H and O–H groups in total. The van der Waals surface area contributed by atoms with E-state index in [-0.39, 0.29) is 11.9 Å². The summed E-state index contributed by atoms with van der Waals surface area (Å²) in [7, 11) is 1.67. The molecule has 0 aliphatic rings. The second-order valence-electron chi connectivity index (χ2n) is 6.96. The quantitative estimate of drug-likeness (QED) is 0.747. The van der Waals surface area contributed by atoms with Crippen molar-refractivity contribution in [2.24, 2.45) is 5.92 Å². The van der Waals surface area contributed by atoms with Gasteiger partial charge in [-0.25, -0.2) is 0 Å². The van der Waals surface area contributed by atoms with Crippen LogP contribution in [0.1, 0.15) is 49.4 Å². The summed E-state index contributed by atoms with van der Waals surface area (Å²) in [5.74, 6) is 1.51. The fraction of sp³-hybridized carbons (Fsp3) is 0.409. The molecule has 0 radical (unpaired) electrons. The van der Waals surface area contributed by atoms with Gasteiger partial charge in [0.2, 0.25) is 5.91 Å². The summed E-state index contributed by atoms with van der Waals surface area (Å²) < 4.78 is 5.28. The molecular weight excluding hydrogens is 310 g/mol. The van der Waals surface area contributed by atoms with Gasteiger partial charge in [-0.05, 0) is 48.4 Å². The predicted molar refractivity (Wildman–Crippen MR) is 103 cm³/mol. The minimum atomic E-state index is 0.0753.